The van der Waals surface area contributed by atoms with Crippen molar-refractivity contribution in [1.29, 1.82) is 0 Å². The van der Waals surface area contributed by atoms with Gasteiger partial charge in [-0.1, -0.05) is 18.2 Å². The zero-order valence-corrected chi connectivity index (χ0v) is 10.5. The van der Waals surface area contributed by atoms with Crippen molar-refractivity contribution in [2.45, 2.75) is 19.4 Å². The summed E-state index contributed by atoms with van der Waals surface area (Å²) >= 11 is 0. The largest absolute Gasteiger partial charge is 0.480 e. The Kier molecular flexibility index (Phi) is 5.52. The molecule has 1 rings (SSSR count). The van der Waals surface area contributed by atoms with Crippen molar-refractivity contribution in [3.8, 4) is 0 Å². The fourth-order valence-electron chi connectivity index (χ4n) is 1.87. The van der Waals surface area contributed by atoms with E-state index in [2.05, 4.69) is 6.58 Å². The molecule has 0 aromatic heterocycles. The quantitative estimate of drug-likeness (QED) is 0.756. The van der Waals surface area contributed by atoms with Crippen LogP contribution >= 0.6 is 0 Å². The predicted octanol–water partition coefficient (Wildman–Crippen LogP) is 2.33. The van der Waals surface area contributed by atoms with Crippen LogP contribution in [0.25, 0.3) is 0 Å². The normalized spacial score (nSPS) is 12.4. The number of rotatable bonds is 7. The van der Waals surface area contributed by atoms with E-state index in [0.29, 0.717) is 13.0 Å². The number of carboxylic acid groups (broad SMARTS) is 1. The Labute approximate surface area is 107 Å². The number of nitrogens with zero attached hydrogens (tertiary/aromatic N) is 1. The van der Waals surface area contributed by atoms with E-state index in [1.807, 2.05) is 13.0 Å². The number of hydrogen-bond donors (Lipinski definition) is 1. The third-order valence-electron chi connectivity index (χ3n) is 2.75. The van der Waals surface area contributed by atoms with Crippen molar-refractivity contribution in [2.24, 2.45) is 0 Å². The first-order valence-electron chi connectivity index (χ1n) is 5.84. The van der Waals surface area contributed by atoms with Gasteiger partial charge in [0.2, 0.25) is 0 Å². The molecule has 0 fully saturated rings. The molecule has 0 amide bonds. The molecule has 0 saturated carbocycles. The van der Waals surface area contributed by atoms with Gasteiger partial charge in [-0.15, -0.1) is 6.58 Å². The highest BCUT2D eigenvalue weighted by Gasteiger charge is 2.16. The average molecular weight is 251 g/mol. The molecule has 98 valence electrons. The van der Waals surface area contributed by atoms with Crippen LogP contribution in [0.4, 0.5) is 4.39 Å². The molecule has 0 aliphatic heterocycles. The van der Waals surface area contributed by atoms with Gasteiger partial charge in [-0.05, 0) is 31.0 Å². The van der Waals surface area contributed by atoms with E-state index in [-0.39, 0.29) is 18.4 Å². The van der Waals surface area contributed by atoms with Crippen molar-refractivity contribution >= 4 is 5.97 Å². The molecule has 1 atom stereocenters. The summed E-state index contributed by atoms with van der Waals surface area (Å²) in [5.41, 5.74) is 0.863. The lowest BCUT2D eigenvalue weighted by Crippen LogP contribution is -2.38. The molecule has 4 heteroatoms. The van der Waals surface area contributed by atoms with Gasteiger partial charge in [0, 0.05) is 12.6 Å². The molecule has 0 bridgehead atoms. The minimum atomic E-state index is -0.872. The molecule has 0 aliphatic carbocycles. The van der Waals surface area contributed by atoms with Gasteiger partial charge in [-0.3, -0.25) is 9.69 Å². The van der Waals surface area contributed by atoms with E-state index in [0.717, 1.165) is 5.56 Å². The highest BCUT2D eigenvalue weighted by atomic mass is 19.1. The van der Waals surface area contributed by atoms with Crippen LogP contribution in [-0.2, 0) is 11.2 Å². The molecule has 3 nitrogen and oxygen atoms in total. The van der Waals surface area contributed by atoms with Crippen LogP contribution in [0.3, 0.4) is 0 Å². The highest BCUT2D eigenvalue weighted by molar-refractivity contribution is 5.69. The maximum Gasteiger partial charge on any atom is 0.317 e. The van der Waals surface area contributed by atoms with Gasteiger partial charge in [0.25, 0.3) is 0 Å². The molecule has 0 radical (unpaired) electrons. The molecule has 0 aliphatic rings. The average Bonchev–Trinajstić information content (AvgIpc) is 2.27. The second-order valence-corrected chi connectivity index (χ2v) is 4.29. The molecule has 1 aromatic rings. The van der Waals surface area contributed by atoms with Crippen LogP contribution < -0.4 is 0 Å². The Balaban J connectivity index is 2.68. The first kappa shape index (κ1) is 14.4. The topological polar surface area (TPSA) is 40.5 Å². The molecular weight excluding hydrogens is 233 g/mol. The van der Waals surface area contributed by atoms with Gasteiger partial charge >= 0.3 is 5.97 Å². The van der Waals surface area contributed by atoms with Gasteiger partial charge in [0.1, 0.15) is 5.82 Å². The van der Waals surface area contributed by atoms with E-state index < -0.39 is 5.97 Å². The van der Waals surface area contributed by atoms with Crippen molar-refractivity contribution < 1.29 is 14.3 Å². The predicted molar refractivity (Wildman–Crippen MR) is 69.0 cm³/mol. The molecule has 1 unspecified atom stereocenters. The minimum Gasteiger partial charge on any atom is -0.480 e. The Morgan fingerprint density at radius 1 is 1.61 bits per heavy atom. The van der Waals surface area contributed by atoms with Gasteiger partial charge < -0.3 is 5.11 Å². The fraction of sp³-hybridized carbons (Fsp3) is 0.357. The van der Waals surface area contributed by atoms with Crippen molar-refractivity contribution in [3.05, 3.63) is 48.3 Å². The van der Waals surface area contributed by atoms with Crippen LogP contribution in [0, 0.1) is 5.82 Å². The molecule has 1 aromatic carbocycles. The van der Waals surface area contributed by atoms with Crippen molar-refractivity contribution in [1.82, 2.24) is 4.90 Å². The summed E-state index contributed by atoms with van der Waals surface area (Å²) in [5, 5.41) is 8.83. The third-order valence-corrected chi connectivity index (χ3v) is 2.75. The van der Waals surface area contributed by atoms with Gasteiger partial charge in [0.05, 0.1) is 6.54 Å². The SMILES string of the molecule is C=CCN(CC(=O)O)C(C)Cc1cccc(F)c1. The van der Waals surface area contributed by atoms with Gasteiger partial charge in [-0.2, -0.15) is 0 Å². The van der Waals surface area contributed by atoms with Crippen LogP contribution in [0.5, 0.6) is 0 Å². The van der Waals surface area contributed by atoms with Crippen molar-refractivity contribution in [3.63, 3.8) is 0 Å². The van der Waals surface area contributed by atoms with Crippen LogP contribution in [0.2, 0.25) is 0 Å². The second-order valence-electron chi connectivity index (χ2n) is 4.29. The lowest BCUT2D eigenvalue weighted by atomic mass is 10.1. The second kappa shape index (κ2) is 6.91. The summed E-state index contributed by atoms with van der Waals surface area (Å²) in [7, 11) is 0. The van der Waals surface area contributed by atoms with Gasteiger partial charge in [0.15, 0.2) is 0 Å². The zero-order valence-electron chi connectivity index (χ0n) is 10.5. The summed E-state index contributed by atoms with van der Waals surface area (Å²) in [5.74, 6) is -1.14. The maximum absolute atomic E-state index is 13.1. The van der Waals surface area contributed by atoms with E-state index in [9.17, 15) is 9.18 Å². The van der Waals surface area contributed by atoms with E-state index in [1.165, 1.54) is 12.1 Å². The van der Waals surface area contributed by atoms with Crippen LogP contribution in [0.1, 0.15) is 12.5 Å². The number of carboxylic acids is 1. The van der Waals surface area contributed by atoms with E-state index >= 15 is 0 Å². The first-order chi connectivity index (χ1) is 8.52. The Morgan fingerprint density at radius 3 is 2.89 bits per heavy atom. The molecule has 1 N–H and O–H groups in total. The van der Waals surface area contributed by atoms with Gasteiger partial charge in [-0.25, -0.2) is 4.39 Å². The minimum absolute atomic E-state index is 0.0147. The van der Waals surface area contributed by atoms with E-state index in [4.69, 9.17) is 5.11 Å². The number of hydrogen-bond acceptors (Lipinski definition) is 2. The standard InChI is InChI=1S/C14H18FNO2/c1-3-7-16(10-14(17)18)11(2)8-12-5-4-6-13(15)9-12/h3-6,9,11H,1,7-8,10H2,2H3,(H,17,18). The lowest BCUT2D eigenvalue weighted by Gasteiger charge is -2.26. The van der Waals surface area contributed by atoms with Crippen LogP contribution in [0.15, 0.2) is 36.9 Å². The molecule has 0 saturated heterocycles. The summed E-state index contributed by atoms with van der Waals surface area (Å²) in [4.78, 5) is 12.6. The number of benzene rings is 1. The summed E-state index contributed by atoms with van der Waals surface area (Å²) in [6.45, 7) is 6.01. The Morgan fingerprint density at radius 2 is 2.33 bits per heavy atom. The van der Waals surface area contributed by atoms with Crippen LogP contribution in [-0.4, -0.2) is 35.1 Å². The summed E-state index contributed by atoms with van der Waals surface area (Å²) in [6, 6.07) is 6.38. The third kappa shape index (κ3) is 4.67. The first-order valence-corrected chi connectivity index (χ1v) is 5.84. The summed E-state index contributed by atoms with van der Waals surface area (Å²) < 4.78 is 13.1. The number of aliphatic carboxylic acids is 1. The molecular formula is C14H18FNO2. The Hall–Kier alpha value is -1.68. The smallest absolute Gasteiger partial charge is 0.317 e. The fourth-order valence-corrected chi connectivity index (χ4v) is 1.87. The molecule has 0 heterocycles. The highest BCUT2D eigenvalue weighted by Crippen LogP contribution is 2.10. The monoisotopic (exact) mass is 251 g/mol. The molecule has 0 spiro atoms. The lowest BCUT2D eigenvalue weighted by molar-refractivity contribution is -0.138. The molecule has 18 heavy (non-hydrogen) atoms. The van der Waals surface area contributed by atoms with Crippen molar-refractivity contribution in [2.75, 3.05) is 13.1 Å². The summed E-state index contributed by atoms with van der Waals surface area (Å²) in [6.07, 6.45) is 2.28. The zero-order chi connectivity index (χ0) is 13.5. The Bertz CT molecular complexity index is 420. The number of carbonyl (C=O) groups is 1. The number of halogens is 1. The maximum atomic E-state index is 13.1. The van der Waals surface area contributed by atoms with E-state index in [1.54, 1.807) is 17.0 Å².